The van der Waals surface area contributed by atoms with Gasteiger partial charge in [0.05, 0.1) is 6.20 Å². The number of carboxylic acids is 1. The summed E-state index contributed by atoms with van der Waals surface area (Å²) in [5.74, 6) is -1.23. The van der Waals surface area contributed by atoms with Crippen molar-refractivity contribution < 1.29 is 14.7 Å². The number of carbonyl (C=O) groups is 2. The van der Waals surface area contributed by atoms with Gasteiger partial charge in [0.2, 0.25) is 0 Å². The minimum Gasteiger partial charge on any atom is -0.481 e. The van der Waals surface area contributed by atoms with Crippen LogP contribution in [0.3, 0.4) is 0 Å². The number of nitrogens with zero attached hydrogens (tertiary/aromatic N) is 2. The molecule has 1 unspecified atom stereocenters. The van der Waals surface area contributed by atoms with E-state index in [1.807, 2.05) is 30.3 Å². The number of hydrogen-bond donors (Lipinski definition) is 2. The fraction of sp³-hybridized carbons (Fsp3) is 0.250. The van der Waals surface area contributed by atoms with E-state index in [0.717, 1.165) is 5.56 Å². The van der Waals surface area contributed by atoms with Gasteiger partial charge < -0.3 is 10.4 Å². The van der Waals surface area contributed by atoms with E-state index in [1.54, 1.807) is 0 Å². The van der Waals surface area contributed by atoms with Gasteiger partial charge in [0, 0.05) is 24.9 Å². The second-order valence-electron chi connectivity index (χ2n) is 4.88. The van der Waals surface area contributed by atoms with Crippen LogP contribution in [0.2, 0.25) is 0 Å². The standard InChI is InChI=1S/C16H17N3O3/c20-15(21)7-6-13(10-12-4-2-1-3-5-12)19-16(22)14-11-17-8-9-18-14/h1-5,8-9,11,13H,6-7,10H2,(H,19,22)(H,20,21). The summed E-state index contributed by atoms with van der Waals surface area (Å²) in [6.45, 7) is 0. The van der Waals surface area contributed by atoms with Gasteiger partial charge >= 0.3 is 5.97 Å². The summed E-state index contributed by atoms with van der Waals surface area (Å²) in [6, 6.07) is 9.36. The van der Waals surface area contributed by atoms with Gasteiger partial charge in [-0.1, -0.05) is 30.3 Å². The summed E-state index contributed by atoms with van der Waals surface area (Å²) in [6.07, 6.45) is 5.24. The second-order valence-corrected chi connectivity index (χ2v) is 4.88. The highest BCUT2D eigenvalue weighted by Crippen LogP contribution is 2.08. The molecule has 1 aromatic carbocycles. The van der Waals surface area contributed by atoms with Crippen molar-refractivity contribution in [2.24, 2.45) is 0 Å². The molecular weight excluding hydrogens is 282 g/mol. The quantitative estimate of drug-likeness (QED) is 0.811. The molecule has 0 saturated heterocycles. The number of carboxylic acid groups (broad SMARTS) is 1. The van der Waals surface area contributed by atoms with Crippen LogP contribution >= 0.6 is 0 Å². The van der Waals surface area contributed by atoms with Crippen molar-refractivity contribution in [3.8, 4) is 0 Å². The summed E-state index contributed by atoms with van der Waals surface area (Å²) >= 11 is 0. The predicted molar refractivity (Wildman–Crippen MR) is 80.3 cm³/mol. The van der Waals surface area contributed by atoms with Gasteiger partial charge in [-0.25, -0.2) is 4.98 Å². The van der Waals surface area contributed by atoms with E-state index >= 15 is 0 Å². The topological polar surface area (TPSA) is 92.2 Å². The Bertz CT molecular complexity index is 617. The van der Waals surface area contributed by atoms with Gasteiger partial charge in [0.25, 0.3) is 5.91 Å². The number of rotatable bonds is 7. The van der Waals surface area contributed by atoms with Gasteiger partial charge in [-0.3, -0.25) is 14.6 Å². The highest BCUT2D eigenvalue weighted by molar-refractivity contribution is 5.92. The molecular formula is C16H17N3O3. The molecule has 114 valence electrons. The molecule has 1 heterocycles. The van der Waals surface area contributed by atoms with Crippen LogP contribution < -0.4 is 5.32 Å². The van der Waals surface area contributed by atoms with E-state index in [0.29, 0.717) is 12.8 Å². The summed E-state index contributed by atoms with van der Waals surface area (Å²) in [5, 5.41) is 11.7. The van der Waals surface area contributed by atoms with Crippen molar-refractivity contribution in [1.82, 2.24) is 15.3 Å². The monoisotopic (exact) mass is 299 g/mol. The lowest BCUT2D eigenvalue weighted by atomic mass is 10.0. The minimum absolute atomic E-state index is 0.00174. The normalized spacial score (nSPS) is 11.6. The van der Waals surface area contributed by atoms with E-state index in [9.17, 15) is 9.59 Å². The SMILES string of the molecule is O=C(O)CCC(Cc1ccccc1)NC(=O)c1cnccn1. The molecule has 2 aromatic rings. The van der Waals surface area contributed by atoms with Crippen LogP contribution in [0.5, 0.6) is 0 Å². The Kier molecular flexibility index (Phi) is 5.59. The number of amides is 1. The highest BCUT2D eigenvalue weighted by atomic mass is 16.4. The Morgan fingerprint density at radius 2 is 1.95 bits per heavy atom. The molecule has 0 spiro atoms. The Balaban J connectivity index is 2.03. The first kappa shape index (κ1) is 15.6. The van der Waals surface area contributed by atoms with Gasteiger partial charge in [-0.2, -0.15) is 0 Å². The number of hydrogen-bond acceptors (Lipinski definition) is 4. The largest absolute Gasteiger partial charge is 0.481 e. The van der Waals surface area contributed by atoms with Crippen molar-refractivity contribution in [3.63, 3.8) is 0 Å². The number of aliphatic carboxylic acids is 1. The zero-order valence-electron chi connectivity index (χ0n) is 12.0. The zero-order chi connectivity index (χ0) is 15.8. The number of carbonyl (C=O) groups excluding carboxylic acids is 1. The molecule has 22 heavy (non-hydrogen) atoms. The Morgan fingerprint density at radius 3 is 2.59 bits per heavy atom. The van der Waals surface area contributed by atoms with E-state index in [1.165, 1.54) is 18.6 Å². The lowest BCUT2D eigenvalue weighted by Gasteiger charge is -2.18. The second kappa shape index (κ2) is 7.87. The minimum atomic E-state index is -0.883. The predicted octanol–water partition coefficient (Wildman–Crippen LogP) is 1.68. The first-order valence-electron chi connectivity index (χ1n) is 6.98. The van der Waals surface area contributed by atoms with Crippen molar-refractivity contribution in [2.45, 2.75) is 25.3 Å². The maximum absolute atomic E-state index is 12.1. The van der Waals surface area contributed by atoms with Gasteiger partial charge in [0.15, 0.2) is 0 Å². The van der Waals surface area contributed by atoms with Gasteiger partial charge in [-0.15, -0.1) is 0 Å². The molecule has 0 radical (unpaired) electrons. The number of benzene rings is 1. The van der Waals surface area contributed by atoms with E-state index < -0.39 is 5.97 Å². The lowest BCUT2D eigenvalue weighted by molar-refractivity contribution is -0.137. The molecule has 1 atom stereocenters. The molecule has 1 aromatic heterocycles. The molecule has 0 saturated carbocycles. The van der Waals surface area contributed by atoms with Crippen LogP contribution in [0, 0.1) is 0 Å². The molecule has 2 rings (SSSR count). The molecule has 0 aliphatic carbocycles. The molecule has 2 N–H and O–H groups in total. The van der Waals surface area contributed by atoms with Crippen molar-refractivity contribution in [1.29, 1.82) is 0 Å². The third-order valence-electron chi connectivity index (χ3n) is 3.16. The third-order valence-corrected chi connectivity index (χ3v) is 3.16. The molecule has 0 aliphatic rings. The average Bonchev–Trinajstić information content (AvgIpc) is 2.54. The first-order valence-corrected chi connectivity index (χ1v) is 6.98. The summed E-state index contributed by atoms with van der Waals surface area (Å²) < 4.78 is 0. The summed E-state index contributed by atoms with van der Waals surface area (Å²) in [5.41, 5.74) is 1.26. The lowest BCUT2D eigenvalue weighted by Crippen LogP contribution is -2.37. The molecule has 6 nitrogen and oxygen atoms in total. The Labute approximate surface area is 128 Å². The highest BCUT2D eigenvalue weighted by Gasteiger charge is 2.16. The van der Waals surface area contributed by atoms with Crippen LogP contribution in [-0.2, 0) is 11.2 Å². The fourth-order valence-corrected chi connectivity index (χ4v) is 2.10. The van der Waals surface area contributed by atoms with Crippen LogP contribution in [0.25, 0.3) is 0 Å². The van der Waals surface area contributed by atoms with Crippen molar-refractivity contribution in [2.75, 3.05) is 0 Å². The maximum Gasteiger partial charge on any atom is 0.303 e. The number of nitrogens with one attached hydrogen (secondary N) is 1. The first-order chi connectivity index (χ1) is 10.6. The van der Waals surface area contributed by atoms with E-state index in [4.69, 9.17) is 5.11 Å². The van der Waals surface area contributed by atoms with Crippen molar-refractivity contribution >= 4 is 11.9 Å². The summed E-state index contributed by atoms with van der Waals surface area (Å²) in [4.78, 5) is 30.7. The fourth-order valence-electron chi connectivity index (χ4n) is 2.10. The van der Waals surface area contributed by atoms with E-state index in [-0.39, 0.29) is 24.1 Å². The zero-order valence-corrected chi connectivity index (χ0v) is 12.0. The Morgan fingerprint density at radius 1 is 1.18 bits per heavy atom. The number of aromatic nitrogens is 2. The Hall–Kier alpha value is -2.76. The summed E-state index contributed by atoms with van der Waals surface area (Å²) in [7, 11) is 0. The van der Waals surface area contributed by atoms with Gasteiger partial charge in [0.1, 0.15) is 5.69 Å². The molecule has 0 fully saturated rings. The van der Waals surface area contributed by atoms with Crippen LogP contribution in [0.4, 0.5) is 0 Å². The van der Waals surface area contributed by atoms with E-state index in [2.05, 4.69) is 15.3 Å². The van der Waals surface area contributed by atoms with Crippen molar-refractivity contribution in [3.05, 3.63) is 60.2 Å². The van der Waals surface area contributed by atoms with Crippen LogP contribution in [-0.4, -0.2) is 33.0 Å². The van der Waals surface area contributed by atoms with Crippen LogP contribution in [0.15, 0.2) is 48.9 Å². The molecule has 0 aliphatic heterocycles. The third kappa shape index (κ3) is 4.97. The molecule has 6 heteroatoms. The average molecular weight is 299 g/mol. The van der Waals surface area contributed by atoms with Gasteiger partial charge in [-0.05, 0) is 18.4 Å². The molecule has 1 amide bonds. The smallest absolute Gasteiger partial charge is 0.303 e. The van der Waals surface area contributed by atoms with Crippen LogP contribution in [0.1, 0.15) is 28.9 Å². The maximum atomic E-state index is 12.1. The molecule has 0 bridgehead atoms.